The predicted octanol–water partition coefficient (Wildman–Crippen LogP) is 1.29. The second-order valence-electron chi connectivity index (χ2n) is 3.47. The van der Waals surface area contributed by atoms with Crippen LogP contribution in [0.25, 0.3) is 11.1 Å². The molecule has 0 radical (unpaired) electrons. The Kier molecular flexibility index (Phi) is 5.37. The molecule has 0 spiro atoms. The normalized spacial score (nSPS) is 10.5. The van der Waals surface area contributed by atoms with E-state index in [1.165, 1.54) is 6.07 Å². The van der Waals surface area contributed by atoms with Gasteiger partial charge in [0.1, 0.15) is 5.75 Å². The summed E-state index contributed by atoms with van der Waals surface area (Å²) in [5.74, 6) is 0.203. The number of nitrogens with two attached hydrogens (primary N) is 1. The fourth-order valence-electron chi connectivity index (χ4n) is 1.49. The van der Waals surface area contributed by atoms with Gasteiger partial charge in [0.25, 0.3) is 0 Å². The molecular weight excluding hydrogens is 261 g/mol. The van der Waals surface area contributed by atoms with Gasteiger partial charge in [-0.1, -0.05) is 42.5 Å². The van der Waals surface area contributed by atoms with Crippen molar-refractivity contribution in [3.05, 3.63) is 54.6 Å². The molecule has 4 nitrogen and oxygen atoms in total. The zero-order chi connectivity index (χ0) is 12.3. The SMILES string of the molecule is NS(=O)(=O)Oc1cccc(-c2ccccc2)c1.[NaH]. The van der Waals surface area contributed by atoms with Crippen LogP contribution in [0.3, 0.4) is 0 Å². The molecule has 0 heterocycles. The summed E-state index contributed by atoms with van der Waals surface area (Å²) in [7, 11) is -3.98. The molecule has 0 aliphatic carbocycles. The van der Waals surface area contributed by atoms with E-state index < -0.39 is 10.3 Å². The molecule has 0 amide bonds. The van der Waals surface area contributed by atoms with Gasteiger partial charge >= 0.3 is 39.9 Å². The third-order valence-corrected chi connectivity index (χ3v) is 2.58. The van der Waals surface area contributed by atoms with E-state index in [9.17, 15) is 8.42 Å². The van der Waals surface area contributed by atoms with Crippen LogP contribution in [-0.4, -0.2) is 38.0 Å². The van der Waals surface area contributed by atoms with Gasteiger partial charge < -0.3 is 4.18 Å². The van der Waals surface area contributed by atoms with Crippen LogP contribution < -0.4 is 9.32 Å². The fourth-order valence-corrected chi connectivity index (χ4v) is 1.86. The average Bonchev–Trinajstić information content (AvgIpc) is 2.28. The third kappa shape index (κ3) is 4.44. The second-order valence-corrected chi connectivity index (χ2v) is 4.62. The van der Waals surface area contributed by atoms with Crippen molar-refractivity contribution < 1.29 is 12.6 Å². The number of hydrogen-bond donors (Lipinski definition) is 1. The Morgan fingerprint density at radius 1 is 0.889 bits per heavy atom. The standard InChI is InChI=1S/C12H11NO3S.Na.H/c13-17(14,15)16-12-8-4-7-11(9-12)10-5-2-1-3-6-10;;/h1-9H,(H2,13,14,15);;. The molecule has 0 bridgehead atoms. The van der Waals surface area contributed by atoms with Crippen molar-refractivity contribution in [2.24, 2.45) is 5.14 Å². The topological polar surface area (TPSA) is 69.4 Å². The monoisotopic (exact) mass is 273 g/mol. The molecule has 2 rings (SSSR count). The van der Waals surface area contributed by atoms with Gasteiger partial charge in [0.2, 0.25) is 0 Å². The molecule has 0 aliphatic rings. The summed E-state index contributed by atoms with van der Waals surface area (Å²) < 4.78 is 26.2. The zero-order valence-corrected chi connectivity index (χ0v) is 9.72. The first-order valence-electron chi connectivity index (χ1n) is 4.92. The Balaban J connectivity index is 0.00000162. The predicted molar refractivity (Wildman–Crippen MR) is 72.8 cm³/mol. The van der Waals surface area contributed by atoms with E-state index in [0.717, 1.165) is 11.1 Å². The maximum absolute atomic E-state index is 10.8. The molecule has 2 N–H and O–H groups in total. The van der Waals surface area contributed by atoms with E-state index in [0.29, 0.717) is 0 Å². The fraction of sp³-hybridized carbons (Fsp3) is 0. The van der Waals surface area contributed by atoms with Gasteiger partial charge in [-0.05, 0) is 23.3 Å². The molecule has 6 heteroatoms. The van der Waals surface area contributed by atoms with Crippen LogP contribution in [0.1, 0.15) is 0 Å². The van der Waals surface area contributed by atoms with E-state index in [2.05, 4.69) is 4.18 Å². The molecule has 2 aromatic rings. The summed E-state index contributed by atoms with van der Waals surface area (Å²) >= 11 is 0. The second kappa shape index (κ2) is 6.36. The quantitative estimate of drug-likeness (QED) is 0.857. The molecule has 2 aromatic carbocycles. The van der Waals surface area contributed by atoms with E-state index >= 15 is 0 Å². The van der Waals surface area contributed by atoms with Crippen molar-refractivity contribution >= 4 is 39.9 Å². The van der Waals surface area contributed by atoms with E-state index in [-0.39, 0.29) is 35.3 Å². The van der Waals surface area contributed by atoms with Gasteiger partial charge in [-0.3, -0.25) is 0 Å². The summed E-state index contributed by atoms with van der Waals surface area (Å²) in [6, 6.07) is 16.3. The van der Waals surface area contributed by atoms with Crippen LogP contribution in [0.5, 0.6) is 5.75 Å². The molecule has 18 heavy (non-hydrogen) atoms. The number of hydrogen-bond acceptors (Lipinski definition) is 3. The summed E-state index contributed by atoms with van der Waals surface area (Å²) in [5.41, 5.74) is 1.85. The molecular formula is C12H12NNaO3S. The Labute approximate surface area is 128 Å². The third-order valence-electron chi connectivity index (χ3n) is 2.15. The van der Waals surface area contributed by atoms with Crippen LogP contribution in [0.15, 0.2) is 54.6 Å². The Morgan fingerprint density at radius 2 is 1.50 bits per heavy atom. The van der Waals surface area contributed by atoms with E-state index in [1.54, 1.807) is 12.1 Å². The Bertz CT molecular complexity index is 614. The van der Waals surface area contributed by atoms with Crippen molar-refractivity contribution in [2.45, 2.75) is 0 Å². The molecule has 0 atom stereocenters. The molecule has 0 saturated heterocycles. The number of rotatable bonds is 3. The van der Waals surface area contributed by atoms with Crippen LogP contribution in [0.2, 0.25) is 0 Å². The minimum atomic E-state index is -3.98. The van der Waals surface area contributed by atoms with Crippen LogP contribution in [0, 0.1) is 0 Å². The molecule has 0 saturated carbocycles. The minimum absolute atomic E-state index is 0. The van der Waals surface area contributed by atoms with Crippen molar-refractivity contribution in [3.8, 4) is 16.9 Å². The zero-order valence-electron chi connectivity index (χ0n) is 8.91. The Hall–Kier alpha value is -0.850. The summed E-state index contributed by atoms with van der Waals surface area (Å²) in [4.78, 5) is 0. The average molecular weight is 273 g/mol. The van der Waals surface area contributed by atoms with Crippen LogP contribution in [-0.2, 0) is 10.3 Å². The first-order valence-corrected chi connectivity index (χ1v) is 6.39. The summed E-state index contributed by atoms with van der Waals surface area (Å²) in [5, 5.41) is 4.81. The van der Waals surface area contributed by atoms with Crippen molar-refractivity contribution in [1.29, 1.82) is 0 Å². The van der Waals surface area contributed by atoms with Crippen molar-refractivity contribution in [3.63, 3.8) is 0 Å². The van der Waals surface area contributed by atoms with Crippen molar-refractivity contribution in [1.82, 2.24) is 0 Å². The van der Waals surface area contributed by atoms with E-state index in [4.69, 9.17) is 5.14 Å². The van der Waals surface area contributed by atoms with Crippen LogP contribution in [0.4, 0.5) is 0 Å². The first-order chi connectivity index (χ1) is 8.04. The van der Waals surface area contributed by atoms with Gasteiger partial charge in [0.15, 0.2) is 0 Å². The molecule has 90 valence electrons. The van der Waals surface area contributed by atoms with Crippen molar-refractivity contribution in [2.75, 3.05) is 0 Å². The van der Waals surface area contributed by atoms with E-state index in [1.807, 2.05) is 36.4 Å². The molecule has 0 unspecified atom stereocenters. The van der Waals surface area contributed by atoms with Gasteiger partial charge in [0.05, 0.1) is 0 Å². The summed E-state index contributed by atoms with van der Waals surface area (Å²) in [6.45, 7) is 0. The number of benzene rings is 2. The summed E-state index contributed by atoms with van der Waals surface area (Å²) in [6.07, 6.45) is 0. The Morgan fingerprint density at radius 3 is 2.11 bits per heavy atom. The van der Waals surface area contributed by atoms with Crippen LogP contribution >= 0.6 is 0 Å². The first kappa shape index (κ1) is 15.2. The maximum atomic E-state index is 10.8. The molecule has 0 fully saturated rings. The van der Waals surface area contributed by atoms with Gasteiger partial charge in [0, 0.05) is 0 Å². The van der Waals surface area contributed by atoms with Gasteiger partial charge in [-0.15, -0.1) is 0 Å². The van der Waals surface area contributed by atoms with Gasteiger partial charge in [-0.25, -0.2) is 0 Å². The van der Waals surface area contributed by atoms with Gasteiger partial charge in [-0.2, -0.15) is 13.6 Å². The molecule has 0 aromatic heterocycles. The molecule has 0 aliphatic heterocycles.